The Morgan fingerprint density at radius 3 is 2.32 bits per heavy atom. The summed E-state index contributed by atoms with van der Waals surface area (Å²) in [5, 5.41) is 11.7. The fourth-order valence-electron chi connectivity index (χ4n) is 3.83. The van der Waals surface area contributed by atoms with Crippen LogP contribution >= 0.6 is 11.6 Å². The van der Waals surface area contributed by atoms with Crippen molar-refractivity contribution in [3.63, 3.8) is 0 Å². The Balaban J connectivity index is 1.64. The highest BCUT2D eigenvalue weighted by Gasteiger charge is 2.31. The summed E-state index contributed by atoms with van der Waals surface area (Å²) in [5.41, 5.74) is 0.625. The molecule has 0 bridgehead atoms. The third kappa shape index (κ3) is 4.24. The number of nitro benzene ring substituents is 1. The zero-order valence-electron chi connectivity index (χ0n) is 14.3. The van der Waals surface area contributed by atoms with Crippen LogP contribution in [0.3, 0.4) is 0 Å². The zero-order valence-corrected chi connectivity index (χ0v) is 15.1. The Morgan fingerprint density at radius 2 is 1.72 bits per heavy atom. The van der Waals surface area contributed by atoms with Gasteiger partial charge in [0.2, 0.25) is 5.91 Å². The first kappa shape index (κ1) is 18.0. The van der Waals surface area contributed by atoms with Crippen LogP contribution in [0.5, 0.6) is 0 Å². The number of rotatable bonds is 3. The molecule has 2 fully saturated rings. The molecule has 0 spiro atoms. The van der Waals surface area contributed by atoms with Crippen molar-refractivity contribution in [1.29, 1.82) is 0 Å². The lowest BCUT2D eigenvalue weighted by Gasteiger charge is -2.35. The molecule has 0 N–H and O–H groups in total. The molecular formula is C18H24ClN3O3. The Labute approximate surface area is 152 Å². The van der Waals surface area contributed by atoms with Gasteiger partial charge in [0.15, 0.2) is 0 Å². The number of nitrogens with zero attached hydrogens (tertiary/aromatic N) is 3. The van der Waals surface area contributed by atoms with Crippen molar-refractivity contribution in [2.45, 2.75) is 38.5 Å². The molecule has 7 heteroatoms. The molecular weight excluding hydrogens is 342 g/mol. The molecule has 1 aromatic rings. The van der Waals surface area contributed by atoms with Crippen LogP contribution in [0, 0.1) is 16.0 Å². The fourth-order valence-corrected chi connectivity index (χ4v) is 3.99. The normalized spacial score (nSPS) is 19.6. The van der Waals surface area contributed by atoms with Crippen LogP contribution in [0.15, 0.2) is 18.2 Å². The molecule has 0 unspecified atom stereocenters. The van der Waals surface area contributed by atoms with E-state index in [9.17, 15) is 14.9 Å². The number of hydrogen-bond acceptors (Lipinski definition) is 4. The lowest BCUT2D eigenvalue weighted by molar-refractivity contribution is -0.384. The monoisotopic (exact) mass is 365 g/mol. The van der Waals surface area contributed by atoms with Crippen LogP contribution in [0.25, 0.3) is 0 Å². The van der Waals surface area contributed by atoms with E-state index in [1.807, 2.05) is 9.80 Å². The summed E-state index contributed by atoms with van der Waals surface area (Å²) >= 11 is 5.89. The van der Waals surface area contributed by atoms with Crippen molar-refractivity contribution in [3.8, 4) is 0 Å². The number of benzene rings is 1. The molecule has 25 heavy (non-hydrogen) atoms. The van der Waals surface area contributed by atoms with Crippen LogP contribution in [0.2, 0.25) is 5.02 Å². The largest absolute Gasteiger partial charge is 0.366 e. The van der Waals surface area contributed by atoms with E-state index in [1.54, 1.807) is 12.1 Å². The molecule has 0 radical (unpaired) electrons. The molecule has 2 saturated heterocycles. The maximum atomic E-state index is 12.8. The van der Waals surface area contributed by atoms with Gasteiger partial charge in [0.1, 0.15) is 5.69 Å². The number of anilines is 1. The molecule has 0 aliphatic carbocycles. The molecule has 0 atom stereocenters. The molecule has 2 heterocycles. The number of piperidine rings is 1. The molecule has 1 aromatic carbocycles. The fraction of sp³-hybridized carbons (Fsp3) is 0.611. The highest BCUT2D eigenvalue weighted by atomic mass is 35.5. The number of hydrogen-bond donors (Lipinski definition) is 0. The van der Waals surface area contributed by atoms with Gasteiger partial charge in [-0.1, -0.05) is 24.4 Å². The van der Waals surface area contributed by atoms with Crippen LogP contribution in [0.4, 0.5) is 11.4 Å². The molecule has 1 amide bonds. The second-order valence-corrected chi connectivity index (χ2v) is 7.33. The van der Waals surface area contributed by atoms with E-state index in [4.69, 9.17) is 11.6 Å². The minimum absolute atomic E-state index is 0.0322. The van der Waals surface area contributed by atoms with Crippen molar-refractivity contribution < 1.29 is 9.72 Å². The molecule has 2 aliphatic rings. The minimum atomic E-state index is -0.393. The number of carbonyl (C=O) groups excluding carboxylic acids is 1. The van der Waals surface area contributed by atoms with Crippen LogP contribution in [0.1, 0.15) is 38.5 Å². The van der Waals surface area contributed by atoms with E-state index in [1.165, 1.54) is 18.9 Å². The predicted octanol–water partition coefficient (Wildman–Crippen LogP) is 3.87. The summed E-state index contributed by atoms with van der Waals surface area (Å²) in [7, 11) is 0. The first-order valence-electron chi connectivity index (χ1n) is 9.04. The van der Waals surface area contributed by atoms with E-state index in [0.717, 1.165) is 38.8 Å². The molecule has 0 aromatic heterocycles. The topological polar surface area (TPSA) is 66.7 Å². The summed E-state index contributed by atoms with van der Waals surface area (Å²) in [6, 6.07) is 4.78. The van der Waals surface area contributed by atoms with Gasteiger partial charge in [0.25, 0.3) is 5.69 Å². The first-order chi connectivity index (χ1) is 12.1. The maximum Gasteiger partial charge on any atom is 0.294 e. The molecule has 2 aliphatic heterocycles. The molecule has 6 nitrogen and oxygen atoms in total. The van der Waals surface area contributed by atoms with Gasteiger partial charge in [0, 0.05) is 43.2 Å². The van der Waals surface area contributed by atoms with Gasteiger partial charge in [-0.15, -0.1) is 0 Å². The number of amides is 1. The SMILES string of the molecule is O=C(C1CCN(c2ccc(Cl)cc2[N+](=O)[O-])CC1)N1CCCCCC1. The average Bonchev–Trinajstić information content (AvgIpc) is 2.90. The van der Waals surface area contributed by atoms with E-state index in [0.29, 0.717) is 23.8 Å². The quantitative estimate of drug-likeness (QED) is 0.602. The van der Waals surface area contributed by atoms with Gasteiger partial charge in [-0.05, 0) is 37.8 Å². The predicted molar refractivity (Wildman–Crippen MR) is 98.1 cm³/mol. The first-order valence-corrected chi connectivity index (χ1v) is 9.42. The Kier molecular flexibility index (Phi) is 5.78. The molecule has 0 saturated carbocycles. The van der Waals surface area contributed by atoms with Crippen molar-refractivity contribution in [3.05, 3.63) is 33.3 Å². The molecule has 3 rings (SSSR count). The lowest BCUT2D eigenvalue weighted by Crippen LogP contribution is -2.43. The Bertz CT molecular complexity index is 636. The maximum absolute atomic E-state index is 12.8. The zero-order chi connectivity index (χ0) is 17.8. The van der Waals surface area contributed by atoms with Crippen molar-refractivity contribution in [1.82, 2.24) is 4.90 Å². The summed E-state index contributed by atoms with van der Waals surface area (Å²) in [6.07, 6.45) is 6.11. The van der Waals surface area contributed by atoms with Gasteiger partial charge in [-0.2, -0.15) is 0 Å². The summed E-state index contributed by atoms with van der Waals surface area (Å²) < 4.78 is 0. The smallest absolute Gasteiger partial charge is 0.294 e. The lowest BCUT2D eigenvalue weighted by atomic mass is 9.94. The number of likely N-dealkylation sites (tertiary alicyclic amines) is 1. The average molecular weight is 366 g/mol. The van der Waals surface area contributed by atoms with Crippen LogP contribution in [-0.2, 0) is 4.79 Å². The van der Waals surface area contributed by atoms with Gasteiger partial charge < -0.3 is 9.80 Å². The number of carbonyl (C=O) groups is 1. The van der Waals surface area contributed by atoms with Crippen molar-refractivity contribution in [2.24, 2.45) is 5.92 Å². The number of halogens is 1. The highest BCUT2D eigenvalue weighted by molar-refractivity contribution is 6.30. The Hall–Kier alpha value is -1.82. The summed E-state index contributed by atoms with van der Waals surface area (Å²) in [5.74, 6) is 0.313. The summed E-state index contributed by atoms with van der Waals surface area (Å²) in [4.78, 5) is 27.7. The highest BCUT2D eigenvalue weighted by Crippen LogP contribution is 2.34. The van der Waals surface area contributed by atoms with Crippen molar-refractivity contribution >= 4 is 28.9 Å². The standard InChI is InChI=1S/C18H24ClN3O3/c19-15-5-6-16(17(13-15)22(24)25)20-11-7-14(8-12-20)18(23)21-9-3-1-2-4-10-21/h5-6,13-14H,1-4,7-12H2. The van der Waals surface area contributed by atoms with E-state index < -0.39 is 4.92 Å². The van der Waals surface area contributed by atoms with Crippen molar-refractivity contribution in [2.75, 3.05) is 31.1 Å². The van der Waals surface area contributed by atoms with Crippen LogP contribution in [-0.4, -0.2) is 41.9 Å². The van der Waals surface area contributed by atoms with E-state index >= 15 is 0 Å². The van der Waals surface area contributed by atoms with Crippen LogP contribution < -0.4 is 4.90 Å². The summed E-state index contributed by atoms with van der Waals surface area (Å²) in [6.45, 7) is 3.07. The number of nitro groups is 1. The second kappa shape index (κ2) is 8.04. The van der Waals surface area contributed by atoms with Gasteiger partial charge in [0.05, 0.1) is 4.92 Å². The second-order valence-electron chi connectivity index (χ2n) is 6.89. The molecule has 136 valence electrons. The Morgan fingerprint density at radius 1 is 1.08 bits per heavy atom. The third-order valence-electron chi connectivity index (χ3n) is 5.24. The van der Waals surface area contributed by atoms with Gasteiger partial charge in [-0.3, -0.25) is 14.9 Å². The third-order valence-corrected chi connectivity index (χ3v) is 5.47. The van der Waals surface area contributed by atoms with E-state index in [2.05, 4.69) is 0 Å². The van der Waals surface area contributed by atoms with E-state index in [-0.39, 0.29) is 17.5 Å². The minimum Gasteiger partial charge on any atom is -0.366 e. The van der Waals surface area contributed by atoms with Gasteiger partial charge >= 0.3 is 0 Å². The van der Waals surface area contributed by atoms with Gasteiger partial charge in [-0.25, -0.2) is 0 Å².